The molecule has 0 bridgehead atoms. The fraction of sp³-hybridized carbons (Fsp3) is 0. The number of anilines is 1. The van der Waals surface area contributed by atoms with Crippen LogP contribution in [-0.2, 0) is 4.79 Å². The number of nitrogens with zero attached hydrogens (tertiary/aromatic N) is 3. The van der Waals surface area contributed by atoms with E-state index < -0.39 is 16.7 Å². The Hall–Kier alpha value is -2.90. The molecule has 1 heterocycles. The number of rotatable bonds is 3. The minimum absolute atomic E-state index is 0.0989. The number of aliphatic hydroxyl groups is 1. The Labute approximate surface area is 151 Å². The molecule has 0 atom stereocenters. The van der Waals surface area contributed by atoms with Gasteiger partial charge in [-0.1, -0.05) is 41.4 Å². The second-order valence-electron chi connectivity index (χ2n) is 5.02. The highest BCUT2D eigenvalue weighted by molar-refractivity contribution is 6.37. The van der Waals surface area contributed by atoms with Crippen molar-refractivity contribution >= 4 is 52.5 Å². The molecule has 0 saturated carbocycles. The lowest BCUT2D eigenvalue weighted by Gasteiger charge is -2.10. The second kappa shape index (κ2) is 6.54. The van der Waals surface area contributed by atoms with Gasteiger partial charge >= 0.3 is 0 Å². The van der Waals surface area contributed by atoms with Crippen molar-refractivity contribution in [2.45, 2.75) is 0 Å². The predicted octanol–water partition coefficient (Wildman–Crippen LogP) is 4.20. The van der Waals surface area contributed by atoms with Crippen LogP contribution in [0.25, 0.3) is 6.08 Å². The highest BCUT2D eigenvalue weighted by atomic mass is 35.5. The zero-order valence-corrected chi connectivity index (χ0v) is 13.9. The molecule has 9 heteroatoms. The minimum atomic E-state index is -0.665. The molecule has 0 aliphatic carbocycles. The van der Waals surface area contributed by atoms with Crippen molar-refractivity contribution in [1.29, 1.82) is 0 Å². The maximum Gasteiger partial charge on any atom is 0.288 e. The summed E-state index contributed by atoms with van der Waals surface area (Å²) >= 11 is 11.8. The first-order chi connectivity index (χ1) is 11.9. The number of halogens is 2. The van der Waals surface area contributed by atoms with Gasteiger partial charge in [0.2, 0.25) is 5.90 Å². The molecule has 2 aromatic carbocycles. The molecular weight excluding hydrogens is 369 g/mol. The third-order valence-electron chi connectivity index (χ3n) is 3.42. The van der Waals surface area contributed by atoms with Gasteiger partial charge in [-0.3, -0.25) is 14.9 Å². The van der Waals surface area contributed by atoms with Crippen LogP contribution < -0.4 is 5.01 Å². The number of hydrogen-bond acceptors (Lipinski definition) is 4. The molecule has 1 aliphatic rings. The zero-order valence-electron chi connectivity index (χ0n) is 12.4. The van der Waals surface area contributed by atoms with Gasteiger partial charge in [0, 0.05) is 16.7 Å². The molecule has 0 fully saturated rings. The maximum atomic E-state index is 12.5. The van der Waals surface area contributed by atoms with E-state index in [4.69, 9.17) is 23.2 Å². The van der Waals surface area contributed by atoms with Crippen LogP contribution in [-0.4, -0.2) is 21.8 Å². The molecule has 0 spiro atoms. The largest absolute Gasteiger partial charge is 0.492 e. The maximum absolute atomic E-state index is 12.5. The van der Waals surface area contributed by atoms with Crippen molar-refractivity contribution in [3.05, 3.63) is 73.8 Å². The summed E-state index contributed by atoms with van der Waals surface area (Å²) < 4.78 is 0. The fourth-order valence-electron chi connectivity index (χ4n) is 2.23. The first kappa shape index (κ1) is 16.9. The van der Waals surface area contributed by atoms with Gasteiger partial charge in [-0.25, -0.2) is 0 Å². The Balaban J connectivity index is 2.03. The van der Waals surface area contributed by atoms with E-state index in [9.17, 15) is 20.0 Å². The summed E-state index contributed by atoms with van der Waals surface area (Å²) in [5.41, 5.74) is 0.135. The number of carbonyl (C=O) groups excluding carboxylic acids is 1. The predicted molar refractivity (Wildman–Crippen MR) is 95.1 cm³/mol. The lowest BCUT2D eigenvalue weighted by atomic mass is 10.1. The number of nitro benzene ring substituents is 1. The molecule has 25 heavy (non-hydrogen) atoms. The Morgan fingerprint density at radius 1 is 1.16 bits per heavy atom. The van der Waals surface area contributed by atoms with Crippen molar-refractivity contribution in [3.63, 3.8) is 0 Å². The third-order valence-corrected chi connectivity index (χ3v) is 4.05. The average molecular weight is 378 g/mol. The molecule has 2 aromatic rings. The van der Waals surface area contributed by atoms with E-state index in [1.807, 2.05) is 0 Å². The topological polar surface area (TPSA) is 96.0 Å². The summed E-state index contributed by atoms with van der Waals surface area (Å²) in [6.45, 7) is 0. The highest BCUT2D eigenvalue weighted by Crippen LogP contribution is 2.33. The minimum Gasteiger partial charge on any atom is -0.492 e. The van der Waals surface area contributed by atoms with E-state index in [-0.39, 0.29) is 26.9 Å². The molecule has 0 saturated heterocycles. The molecular formula is C16H9Cl2N3O4. The quantitative estimate of drug-likeness (QED) is 0.492. The molecule has 7 nitrogen and oxygen atoms in total. The van der Waals surface area contributed by atoms with Gasteiger partial charge in [0.25, 0.3) is 11.6 Å². The summed E-state index contributed by atoms with van der Waals surface area (Å²) in [7, 11) is 0. The molecule has 3 rings (SSSR count). The number of benzene rings is 2. The van der Waals surface area contributed by atoms with Crippen LogP contribution in [0, 0.1) is 10.1 Å². The number of para-hydroxylation sites is 1. The molecule has 1 N–H and O–H groups in total. The number of hydrazone groups is 1. The lowest BCUT2D eigenvalue weighted by Crippen LogP contribution is -2.21. The average Bonchev–Trinajstić information content (AvgIpc) is 2.85. The van der Waals surface area contributed by atoms with Crippen molar-refractivity contribution < 1.29 is 14.8 Å². The van der Waals surface area contributed by atoms with Crippen LogP contribution in [0.5, 0.6) is 0 Å². The zero-order chi connectivity index (χ0) is 18.1. The SMILES string of the molecule is O=C1C(=Cc2cc([N+](=O)[O-])c(Cl)cc2Cl)C(O)=NN1c1ccccc1. The normalized spacial score (nSPS) is 15.6. The van der Waals surface area contributed by atoms with Crippen molar-refractivity contribution in [1.82, 2.24) is 0 Å². The van der Waals surface area contributed by atoms with Crippen LogP contribution in [0.15, 0.2) is 53.1 Å². The van der Waals surface area contributed by atoms with Crippen LogP contribution in [0.1, 0.15) is 5.56 Å². The number of amides is 1. The Bertz CT molecular complexity index is 942. The molecule has 1 amide bonds. The Morgan fingerprint density at radius 3 is 2.48 bits per heavy atom. The molecule has 0 unspecified atom stereocenters. The monoisotopic (exact) mass is 377 g/mol. The van der Waals surface area contributed by atoms with Gasteiger partial charge < -0.3 is 5.11 Å². The standard InChI is InChI=1S/C16H9Cl2N3O4/c17-12-8-13(18)14(21(24)25)7-9(12)6-11-15(22)19-20(16(11)23)10-4-2-1-3-5-10/h1-8H,(H,19,22). The number of nitro groups is 1. The fourth-order valence-corrected chi connectivity index (χ4v) is 2.74. The van der Waals surface area contributed by atoms with Gasteiger partial charge in [-0.15, -0.1) is 5.10 Å². The summed E-state index contributed by atoms with van der Waals surface area (Å²) in [6.07, 6.45) is 1.23. The van der Waals surface area contributed by atoms with Crippen LogP contribution in [0.3, 0.4) is 0 Å². The van der Waals surface area contributed by atoms with Crippen molar-refractivity contribution in [3.8, 4) is 0 Å². The summed E-state index contributed by atoms with van der Waals surface area (Å²) in [5, 5.41) is 25.8. The van der Waals surface area contributed by atoms with Gasteiger partial charge in [0.15, 0.2) is 0 Å². The van der Waals surface area contributed by atoms with Crippen LogP contribution in [0.2, 0.25) is 10.0 Å². The molecule has 0 radical (unpaired) electrons. The van der Waals surface area contributed by atoms with Crippen molar-refractivity contribution in [2.24, 2.45) is 5.10 Å². The highest BCUT2D eigenvalue weighted by Gasteiger charge is 2.31. The summed E-state index contributed by atoms with van der Waals surface area (Å²) in [6, 6.07) is 10.8. The first-order valence-corrected chi connectivity index (χ1v) is 7.66. The van der Waals surface area contributed by atoms with Crippen LogP contribution in [0.4, 0.5) is 11.4 Å². The Morgan fingerprint density at radius 2 is 1.84 bits per heavy atom. The molecule has 126 valence electrons. The molecule has 1 aliphatic heterocycles. The number of aliphatic hydroxyl groups excluding tert-OH is 1. The number of hydrogen-bond donors (Lipinski definition) is 1. The second-order valence-corrected chi connectivity index (χ2v) is 5.83. The third kappa shape index (κ3) is 3.19. The van der Waals surface area contributed by atoms with E-state index in [0.29, 0.717) is 5.69 Å². The van der Waals surface area contributed by atoms with E-state index in [2.05, 4.69) is 5.10 Å². The van der Waals surface area contributed by atoms with Gasteiger partial charge in [0.1, 0.15) is 10.6 Å². The first-order valence-electron chi connectivity index (χ1n) is 6.91. The van der Waals surface area contributed by atoms with Crippen LogP contribution >= 0.6 is 23.2 Å². The lowest BCUT2D eigenvalue weighted by molar-refractivity contribution is -0.384. The summed E-state index contributed by atoms with van der Waals surface area (Å²) in [5.74, 6) is -1.10. The smallest absolute Gasteiger partial charge is 0.288 e. The Kier molecular flexibility index (Phi) is 4.43. The van der Waals surface area contributed by atoms with E-state index in [0.717, 1.165) is 11.1 Å². The number of carbonyl (C=O) groups is 1. The van der Waals surface area contributed by atoms with Gasteiger partial charge in [0.05, 0.1) is 10.6 Å². The molecule has 0 aromatic heterocycles. The van der Waals surface area contributed by atoms with Gasteiger partial charge in [-0.2, -0.15) is 5.01 Å². The van der Waals surface area contributed by atoms with E-state index in [1.54, 1.807) is 30.3 Å². The van der Waals surface area contributed by atoms with E-state index in [1.165, 1.54) is 12.1 Å². The van der Waals surface area contributed by atoms with Crippen molar-refractivity contribution in [2.75, 3.05) is 5.01 Å². The van der Waals surface area contributed by atoms with Gasteiger partial charge in [-0.05, 0) is 24.3 Å². The summed E-state index contributed by atoms with van der Waals surface area (Å²) in [4.78, 5) is 22.8. The van der Waals surface area contributed by atoms with E-state index >= 15 is 0 Å².